The molecule has 0 aliphatic carbocycles. The van der Waals surface area contributed by atoms with E-state index in [4.69, 9.17) is 10.5 Å². The molecule has 1 aliphatic rings. The molecule has 1 heterocycles. The Morgan fingerprint density at radius 3 is 2.17 bits per heavy atom. The van der Waals surface area contributed by atoms with Crippen molar-refractivity contribution in [2.45, 2.75) is 64.1 Å². The lowest BCUT2D eigenvalue weighted by Gasteiger charge is -2.26. The van der Waals surface area contributed by atoms with Crippen LogP contribution in [0.5, 0.6) is 0 Å². The molecular formula is C25H34N4O6. The molecule has 0 spiro atoms. The Balaban J connectivity index is 2.06. The summed E-state index contributed by atoms with van der Waals surface area (Å²) in [7, 11) is 0. The smallest absolute Gasteiger partial charge is 0.329 e. The van der Waals surface area contributed by atoms with Crippen LogP contribution in [-0.2, 0) is 35.1 Å². The van der Waals surface area contributed by atoms with E-state index in [1.165, 1.54) is 12.2 Å². The van der Waals surface area contributed by atoms with E-state index in [1.54, 1.807) is 20.8 Å². The van der Waals surface area contributed by atoms with Crippen molar-refractivity contribution in [3.63, 3.8) is 0 Å². The highest BCUT2D eigenvalue weighted by Crippen LogP contribution is 2.14. The number of nitrogens with one attached hydrogen (secondary N) is 2. The van der Waals surface area contributed by atoms with E-state index in [0.29, 0.717) is 12.8 Å². The summed E-state index contributed by atoms with van der Waals surface area (Å²) >= 11 is 0. The molecule has 0 aromatic heterocycles. The average molecular weight is 487 g/mol. The number of ether oxygens (including phenoxy) is 1. The highest BCUT2D eigenvalue weighted by Gasteiger charge is 2.30. The van der Waals surface area contributed by atoms with Crippen LogP contribution in [0.15, 0.2) is 42.5 Å². The minimum atomic E-state index is -0.974. The number of amides is 4. The Hall–Kier alpha value is -3.53. The molecule has 2 atom stereocenters. The van der Waals surface area contributed by atoms with E-state index in [0.717, 1.165) is 10.5 Å². The van der Waals surface area contributed by atoms with E-state index in [9.17, 15) is 24.0 Å². The van der Waals surface area contributed by atoms with Gasteiger partial charge in [-0.1, -0.05) is 30.3 Å². The third kappa shape index (κ3) is 9.32. The summed E-state index contributed by atoms with van der Waals surface area (Å²) in [5, 5.41) is 5.31. The predicted octanol–water partition coefficient (Wildman–Crippen LogP) is 0.594. The van der Waals surface area contributed by atoms with Crippen LogP contribution in [-0.4, -0.2) is 65.3 Å². The van der Waals surface area contributed by atoms with E-state index < -0.39 is 35.5 Å². The summed E-state index contributed by atoms with van der Waals surface area (Å²) in [6.45, 7) is 5.10. The number of nitrogens with two attached hydrogens (primary N) is 1. The topological polar surface area (TPSA) is 148 Å². The molecule has 190 valence electrons. The normalized spacial score (nSPS) is 15.0. The summed E-state index contributed by atoms with van der Waals surface area (Å²) in [6.07, 6.45) is 3.77. The molecule has 0 saturated carbocycles. The van der Waals surface area contributed by atoms with Gasteiger partial charge in [-0.2, -0.15) is 0 Å². The number of carbonyl (C=O) groups is 5. The first kappa shape index (κ1) is 27.7. The fourth-order valence-corrected chi connectivity index (χ4v) is 3.48. The average Bonchev–Trinajstić information content (AvgIpc) is 3.11. The molecular weight excluding hydrogens is 452 g/mol. The standard InChI is InChI=1S/C25H34N4O6/c1-25(2,3)35-24(34)18(11-7-8-14-29-21(31)12-13-22(29)32)28-23(33)19(27-20(30)16-26)15-17-9-5-4-6-10-17/h4-6,9-10,12-13,18-19H,7-8,11,14-16,26H2,1-3H3,(H,27,30)(H,28,33). The molecule has 0 bridgehead atoms. The van der Waals surface area contributed by atoms with Crippen LogP contribution < -0.4 is 16.4 Å². The predicted molar refractivity (Wildman–Crippen MR) is 129 cm³/mol. The Labute approximate surface area is 205 Å². The highest BCUT2D eigenvalue weighted by atomic mass is 16.6. The molecule has 10 heteroatoms. The number of nitrogens with zero attached hydrogens (tertiary/aromatic N) is 1. The van der Waals surface area contributed by atoms with Gasteiger partial charge in [0.15, 0.2) is 0 Å². The molecule has 0 saturated heterocycles. The molecule has 2 rings (SSSR count). The van der Waals surface area contributed by atoms with Gasteiger partial charge in [0.1, 0.15) is 17.7 Å². The monoisotopic (exact) mass is 486 g/mol. The minimum absolute atomic E-state index is 0.211. The summed E-state index contributed by atoms with van der Waals surface area (Å²) < 4.78 is 5.48. The maximum absolute atomic E-state index is 13.1. The molecule has 2 unspecified atom stereocenters. The van der Waals surface area contributed by atoms with Gasteiger partial charge in [-0.05, 0) is 45.6 Å². The molecule has 1 aromatic rings. The van der Waals surface area contributed by atoms with Crippen LogP contribution in [0.3, 0.4) is 0 Å². The molecule has 4 amide bonds. The maximum Gasteiger partial charge on any atom is 0.329 e. The minimum Gasteiger partial charge on any atom is -0.458 e. The fraction of sp³-hybridized carbons (Fsp3) is 0.480. The number of imide groups is 1. The quantitative estimate of drug-likeness (QED) is 0.222. The number of unbranched alkanes of at least 4 members (excludes halogenated alkanes) is 1. The zero-order valence-corrected chi connectivity index (χ0v) is 20.4. The Bertz CT molecular complexity index is 936. The van der Waals surface area contributed by atoms with Gasteiger partial charge in [-0.15, -0.1) is 0 Å². The molecule has 1 aromatic carbocycles. The molecule has 4 N–H and O–H groups in total. The third-order valence-electron chi connectivity index (χ3n) is 5.15. The number of hydrogen-bond acceptors (Lipinski definition) is 7. The Kier molecular flexibility index (Phi) is 10.1. The van der Waals surface area contributed by atoms with Gasteiger partial charge in [0.25, 0.3) is 11.8 Å². The van der Waals surface area contributed by atoms with Crippen molar-refractivity contribution in [2.75, 3.05) is 13.1 Å². The molecule has 10 nitrogen and oxygen atoms in total. The van der Waals surface area contributed by atoms with Crippen molar-refractivity contribution in [2.24, 2.45) is 5.73 Å². The lowest BCUT2D eigenvalue weighted by Crippen LogP contribution is -2.54. The first-order valence-corrected chi connectivity index (χ1v) is 11.6. The first-order valence-electron chi connectivity index (χ1n) is 11.6. The SMILES string of the molecule is CC(C)(C)OC(=O)C(CCCCN1C(=O)C=CC1=O)NC(=O)C(Cc1ccccc1)NC(=O)CN. The van der Waals surface area contributed by atoms with Crippen molar-refractivity contribution < 1.29 is 28.7 Å². The number of benzene rings is 1. The van der Waals surface area contributed by atoms with Gasteiger partial charge in [0.05, 0.1) is 6.54 Å². The first-order chi connectivity index (χ1) is 16.5. The fourth-order valence-electron chi connectivity index (χ4n) is 3.48. The van der Waals surface area contributed by atoms with Crippen molar-refractivity contribution in [3.8, 4) is 0 Å². The van der Waals surface area contributed by atoms with Gasteiger partial charge >= 0.3 is 5.97 Å². The molecule has 0 radical (unpaired) electrons. The molecule has 35 heavy (non-hydrogen) atoms. The number of esters is 1. The van der Waals surface area contributed by atoms with Crippen molar-refractivity contribution in [1.82, 2.24) is 15.5 Å². The number of rotatable bonds is 12. The second kappa shape index (κ2) is 12.8. The molecule has 0 fully saturated rings. The second-order valence-corrected chi connectivity index (χ2v) is 9.27. The molecule has 1 aliphatic heterocycles. The lowest BCUT2D eigenvalue weighted by molar-refractivity contribution is -0.159. The number of carbonyl (C=O) groups excluding carboxylic acids is 5. The Morgan fingerprint density at radius 1 is 0.971 bits per heavy atom. The summed E-state index contributed by atoms with van der Waals surface area (Å²) in [5.41, 5.74) is 5.47. The van der Waals surface area contributed by atoms with E-state index in [-0.39, 0.29) is 37.7 Å². The summed E-state index contributed by atoms with van der Waals surface area (Å²) in [6, 6.07) is 7.23. The van der Waals surface area contributed by atoms with Crippen LogP contribution in [0.2, 0.25) is 0 Å². The van der Waals surface area contributed by atoms with Crippen LogP contribution >= 0.6 is 0 Å². The van der Waals surface area contributed by atoms with Crippen LogP contribution in [0.4, 0.5) is 0 Å². The van der Waals surface area contributed by atoms with E-state index >= 15 is 0 Å². The second-order valence-electron chi connectivity index (χ2n) is 9.27. The van der Waals surface area contributed by atoms with E-state index in [1.807, 2.05) is 30.3 Å². The van der Waals surface area contributed by atoms with Gasteiger partial charge in [0, 0.05) is 25.1 Å². The van der Waals surface area contributed by atoms with Crippen LogP contribution in [0.25, 0.3) is 0 Å². The summed E-state index contributed by atoms with van der Waals surface area (Å²) in [5.74, 6) is -2.38. The largest absolute Gasteiger partial charge is 0.458 e. The van der Waals surface area contributed by atoms with Gasteiger partial charge in [0.2, 0.25) is 11.8 Å². The third-order valence-corrected chi connectivity index (χ3v) is 5.15. The van der Waals surface area contributed by atoms with Gasteiger partial charge < -0.3 is 21.1 Å². The number of hydrogen-bond donors (Lipinski definition) is 3. The zero-order valence-electron chi connectivity index (χ0n) is 20.4. The van der Waals surface area contributed by atoms with E-state index in [2.05, 4.69) is 10.6 Å². The van der Waals surface area contributed by atoms with Crippen LogP contribution in [0.1, 0.15) is 45.6 Å². The lowest BCUT2D eigenvalue weighted by atomic mass is 10.0. The highest BCUT2D eigenvalue weighted by molar-refractivity contribution is 6.12. The summed E-state index contributed by atoms with van der Waals surface area (Å²) in [4.78, 5) is 62.4. The van der Waals surface area contributed by atoms with Crippen molar-refractivity contribution in [1.29, 1.82) is 0 Å². The Morgan fingerprint density at radius 2 is 1.60 bits per heavy atom. The van der Waals surface area contributed by atoms with Gasteiger partial charge in [-0.3, -0.25) is 24.1 Å². The van der Waals surface area contributed by atoms with Crippen molar-refractivity contribution in [3.05, 3.63) is 48.0 Å². The zero-order chi connectivity index (χ0) is 26.0. The maximum atomic E-state index is 13.1. The van der Waals surface area contributed by atoms with Gasteiger partial charge in [-0.25, -0.2) is 4.79 Å². The van der Waals surface area contributed by atoms with Crippen LogP contribution in [0, 0.1) is 0 Å². The van der Waals surface area contributed by atoms with Crippen molar-refractivity contribution >= 4 is 29.6 Å².